The van der Waals surface area contributed by atoms with Crippen LogP contribution in [0.4, 0.5) is 5.69 Å². The number of aromatic nitrogens is 2. The van der Waals surface area contributed by atoms with Crippen molar-refractivity contribution in [3.8, 4) is 0 Å². The summed E-state index contributed by atoms with van der Waals surface area (Å²) in [7, 11) is 0. The first-order valence-corrected chi connectivity index (χ1v) is 6.91. The number of amides is 1. The molecule has 0 aliphatic carbocycles. The van der Waals surface area contributed by atoms with E-state index in [0.29, 0.717) is 23.3 Å². The summed E-state index contributed by atoms with van der Waals surface area (Å²) >= 11 is 0. The van der Waals surface area contributed by atoms with Gasteiger partial charge in [0.2, 0.25) is 5.91 Å². The lowest BCUT2D eigenvalue weighted by atomic mass is 9.99. The van der Waals surface area contributed by atoms with Gasteiger partial charge in [-0.05, 0) is 37.6 Å². The fourth-order valence-electron chi connectivity index (χ4n) is 2.51. The number of piperidine rings is 1. The van der Waals surface area contributed by atoms with E-state index in [1.807, 2.05) is 0 Å². The number of anilines is 1. The number of hydrogen-bond acceptors (Lipinski definition) is 4. The van der Waals surface area contributed by atoms with Gasteiger partial charge in [0.25, 0.3) is 0 Å². The minimum Gasteiger partial charge on any atom is -0.326 e. The first kappa shape index (κ1) is 13.6. The van der Waals surface area contributed by atoms with Crippen molar-refractivity contribution in [2.75, 3.05) is 18.4 Å². The Kier molecular flexibility index (Phi) is 3.57. The molecule has 0 radical (unpaired) electrons. The zero-order valence-electron chi connectivity index (χ0n) is 11.4. The molecule has 4 N–H and O–H groups in total. The summed E-state index contributed by atoms with van der Waals surface area (Å²) in [6, 6.07) is 4.99. The normalized spacial score (nSPS) is 18.6. The zero-order valence-corrected chi connectivity index (χ0v) is 11.4. The monoisotopic (exact) mass is 288 g/mol. The lowest BCUT2D eigenvalue weighted by Crippen LogP contribution is -2.37. The summed E-state index contributed by atoms with van der Waals surface area (Å²) in [5.74, 6) is -0.0719. The van der Waals surface area contributed by atoms with E-state index in [1.165, 1.54) is 0 Å². The van der Waals surface area contributed by atoms with Gasteiger partial charge in [-0.15, -0.1) is 0 Å². The maximum Gasteiger partial charge on any atom is 0.314 e. The van der Waals surface area contributed by atoms with Gasteiger partial charge in [0.15, 0.2) is 0 Å². The summed E-state index contributed by atoms with van der Waals surface area (Å²) in [4.78, 5) is 39.7. The van der Waals surface area contributed by atoms with E-state index < -0.39 is 11.1 Å². The highest BCUT2D eigenvalue weighted by Gasteiger charge is 2.20. The number of carbonyl (C=O) groups is 1. The molecule has 7 nitrogen and oxygen atoms in total. The van der Waals surface area contributed by atoms with Crippen LogP contribution in [0.2, 0.25) is 0 Å². The van der Waals surface area contributed by atoms with E-state index in [2.05, 4.69) is 20.6 Å². The Hall–Kier alpha value is -2.41. The second kappa shape index (κ2) is 5.53. The van der Waals surface area contributed by atoms with Crippen LogP contribution in [0.5, 0.6) is 0 Å². The molecule has 0 spiro atoms. The molecule has 7 heteroatoms. The molecular weight excluding hydrogens is 272 g/mol. The maximum atomic E-state index is 12.1. The molecule has 1 atom stereocenters. The first-order chi connectivity index (χ1) is 10.1. The van der Waals surface area contributed by atoms with E-state index >= 15 is 0 Å². The Balaban J connectivity index is 1.84. The zero-order chi connectivity index (χ0) is 14.8. The number of aromatic amines is 2. The molecule has 2 heterocycles. The van der Waals surface area contributed by atoms with Crippen molar-refractivity contribution in [1.29, 1.82) is 0 Å². The topological polar surface area (TPSA) is 107 Å². The highest BCUT2D eigenvalue weighted by atomic mass is 16.2. The molecular formula is C14H16N4O3. The fourth-order valence-corrected chi connectivity index (χ4v) is 2.51. The van der Waals surface area contributed by atoms with Crippen LogP contribution in [0.3, 0.4) is 0 Å². The molecule has 1 fully saturated rings. The van der Waals surface area contributed by atoms with Gasteiger partial charge in [-0.25, -0.2) is 0 Å². The van der Waals surface area contributed by atoms with Crippen molar-refractivity contribution >= 4 is 22.6 Å². The number of nitrogens with one attached hydrogen (secondary N) is 4. The van der Waals surface area contributed by atoms with Gasteiger partial charge in [0.1, 0.15) is 0 Å². The molecule has 1 saturated heterocycles. The third-order valence-electron chi connectivity index (χ3n) is 3.66. The fraction of sp³-hybridized carbons (Fsp3) is 0.357. The average Bonchev–Trinajstić information content (AvgIpc) is 2.49. The van der Waals surface area contributed by atoms with Crippen molar-refractivity contribution in [2.45, 2.75) is 12.8 Å². The Labute approximate surface area is 119 Å². The van der Waals surface area contributed by atoms with Crippen LogP contribution in [0, 0.1) is 5.92 Å². The molecule has 3 rings (SSSR count). The number of fused-ring (bicyclic) bond motifs is 1. The average molecular weight is 288 g/mol. The van der Waals surface area contributed by atoms with E-state index in [1.54, 1.807) is 18.2 Å². The molecule has 1 aliphatic heterocycles. The van der Waals surface area contributed by atoms with Gasteiger partial charge < -0.3 is 20.6 Å². The number of hydrogen-bond donors (Lipinski definition) is 4. The smallest absolute Gasteiger partial charge is 0.314 e. The highest BCUT2D eigenvalue weighted by Crippen LogP contribution is 2.17. The van der Waals surface area contributed by atoms with Crippen molar-refractivity contribution < 1.29 is 4.79 Å². The van der Waals surface area contributed by atoms with E-state index in [-0.39, 0.29) is 11.8 Å². The number of rotatable bonds is 2. The lowest BCUT2D eigenvalue weighted by molar-refractivity contribution is -0.120. The Morgan fingerprint density at radius 2 is 1.90 bits per heavy atom. The standard InChI is InChI=1S/C14H16N4O3/c19-12(8-2-1-5-15-7-8)16-9-3-4-10-11(6-9)18-14(21)13(20)17-10/h3-4,6,8,15H,1-2,5,7H2,(H,16,19)(H,17,20)(H,18,21)/t8-/m1/s1. The van der Waals surface area contributed by atoms with Crippen LogP contribution in [-0.4, -0.2) is 29.0 Å². The summed E-state index contributed by atoms with van der Waals surface area (Å²) in [6.07, 6.45) is 1.86. The SMILES string of the molecule is O=C(Nc1ccc2[nH]c(=O)c(=O)[nH]c2c1)[C@@H]1CCCNC1. The molecule has 0 unspecified atom stereocenters. The van der Waals surface area contributed by atoms with Gasteiger partial charge in [-0.1, -0.05) is 0 Å². The third kappa shape index (κ3) is 2.87. The molecule has 0 saturated carbocycles. The van der Waals surface area contributed by atoms with Gasteiger partial charge in [0.05, 0.1) is 17.0 Å². The van der Waals surface area contributed by atoms with Gasteiger partial charge in [-0.3, -0.25) is 14.4 Å². The predicted octanol–water partition coefficient (Wildman–Crippen LogP) is 0.154. The van der Waals surface area contributed by atoms with Crippen LogP contribution < -0.4 is 21.8 Å². The first-order valence-electron chi connectivity index (χ1n) is 6.91. The second-order valence-corrected chi connectivity index (χ2v) is 5.20. The quantitative estimate of drug-likeness (QED) is 0.590. The third-order valence-corrected chi connectivity index (χ3v) is 3.66. The number of carbonyl (C=O) groups excluding carboxylic acids is 1. The summed E-state index contributed by atoms with van der Waals surface area (Å²) in [5, 5.41) is 6.04. The van der Waals surface area contributed by atoms with E-state index in [0.717, 1.165) is 19.4 Å². The van der Waals surface area contributed by atoms with Gasteiger partial charge in [-0.2, -0.15) is 0 Å². The Morgan fingerprint density at radius 3 is 2.62 bits per heavy atom. The number of H-pyrrole nitrogens is 2. The van der Waals surface area contributed by atoms with Crippen molar-refractivity contribution in [3.05, 3.63) is 38.9 Å². The summed E-state index contributed by atoms with van der Waals surface area (Å²) in [5.41, 5.74) is 0.215. The van der Waals surface area contributed by atoms with Crippen LogP contribution in [0.15, 0.2) is 27.8 Å². The van der Waals surface area contributed by atoms with Crippen LogP contribution >= 0.6 is 0 Å². The van der Waals surface area contributed by atoms with Crippen LogP contribution in [0.25, 0.3) is 11.0 Å². The minimum absolute atomic E-state index is 0.0340. The number of benzene rings is 1. The molecule has 1 amide bonds. The Bertz CT molecular complexity index is 787. The highest BCUT2D eigenvalue weighted by molar-refractivity contribution is 5.94. The molecule has 110 valence electrons. The molecule has 1 aliphatic rings. The van der Waals surface area contributed by atoms with Crippen molar-refractivity contribution in [2.24, 2.45) is 5.92 Å². The predicted molar refractivity (Wildman–Crippen MR) is 79.4 cm³/mol. The molecule has 0 bridgehead atoms. The second-order valence-electron chi connectivity index (χ2n) is 5.20. The molecule has 1 aromatic carbocycles. The van der Waals surface area contributed by atoms with E-state index in [9.17, 15) is 14.4 Å². The van der Waals surface area contributed by atoms with Crippen molar-refractivity contribution in [1.82, 2.24) is 15.3 Å². The summed E-state index contributed by atoms with van der Waals surface area (Å²) in [6.45, 7) is 1.64. The van der Waals surface area contributed by atoms with E-state index in [4.69, 9.17) is 0 Å². The summed E-state index contributed by atoms with van der Waals surface area (Å²) < 4.78 is 0. The Morgan fingerprint density at radius 1 is 1.14 bits per heavy atom. The molecule has 2 aromatic rings. The van der Waals surface area contributed by atoms with Crippen molar-refractivity contribution in [3.63, 3.8) is 0 Å². The largest absolute Gasteiger partial charge is 0.326 e. The molecule has 21 heavy (non-hydrogen) atoms. The van der Waals surface area contributed by atoms with Crippen LogP contribution in [0.1, 0.15) is 12.8 Å². The molecule has 1 aromatic heterocycles. The van der Waals surface area contributed by atoms with Gasteiger partial charge in [0, 0.05) is 12.2 Å². The minimum atomic E-state index is -0.706. The van der Waals surface area contributed by atoms with Crippen LogP contribution in [-0.2, 0) is 4.79 Å². The van der Waals surface area contributed by atoms with Gasteiger partial charge >= 0.3 is 11.1 Å². The lowest BCUT2D eigenvalue weighted by Gasteiger charge is -2.21. The maximum absolute atomic E-state index is 12.1.